The number of halogens is 6. The van der Waals surface area contributed by atoms with Gasteiger partial charge in [-0.3, -0.25) is 0 Å². The number of fused-ring (bicyclic) bond motifs is 2. The second kappa shape index (κ2) is 24.2. The van der Waals surface area contributed by atoms with Crippen LogP contribution in [0.25, 0.3) is 20.2 Å². The summed E-state index contributed by atoms with van der Waals surface area (Å²) in [5.74, 6) is 1.06. The Morgan fingerprint density at radius 3 is 1.55 bits per heavy atom. The minimum Gasteiger partial charge on any atom is -0.494 e. The molecule has 2 unspecified atom stereocenters. The number of hydrogen-bond donors (Lipinski definition) is 2. The van der Waals surface area contributed by atoms with E-state index in [1.165, 1.54) is 12.1 Å². The third-order valence-electron chi connectivity index (χ3n) is 10.8. The number of aliphatic carboxylic acids is 2. The molecule has 2 aromatic heterocycles. The van der Waals surface area contributed by atoms with E-state index in [0.717, 1.165) is 104 Å². The quantitative estimate of drug-likeness (QED) is 0.0512. The second-order valence-electron chi connectivity index (χ2n) is 16.0. The maximum absolute atomic E-state index is 13.1. The Balaban J connectivity index is 0.000000247. The smallest absolute Gasteiger partial charge is 0.416 e. The van der Waals surface area contributed by atoms with Crippen molar-refractivity contribution >= 4 is 66.5 Å². The van der Waals surface area contributed by atoms with E-state index in [-0.39, 0.29) is 12.5 Å². The maximum Gasteiger partial charge on any atom is 0.416 e. The maximum atomic E-state index is 13.1. The number of carbonyl (C=O) groups is 2. The van der Waals surface area contributed by atoms with Crippen molar-refractivity contribution in [2.45, 2.75) is 108 Å². The van der Waals surface area contributed by atoms with Crippen LogP contribution in [0.3, 0.4) is 0 Å². The Morgan fingerprint density at radius 2 is 1.09 bits per heavy atom. The summed E-state index contributed by atoms with van der Waals surface area (Å²) in [7, 11) is 0. The molecule has 0 radical (unpaired) electrons. The Bertz CT molecular complexity index is 2360. The number of benzene rings is 4. The normalized spacial score (nSPS) is 12.7. The molecule has 0 aliphatic heterocycles. The first-order valence-corrected chi connectivity index (χ1v) is 24.3. The van der Waals surface area contributed by atoms with Crippen molar-refractivity contribution in [3.63, 3.8) is 0 Å². The summed E-state index contributed by atoms with van der Waals surface area (Å²) in [6.07, 6.45) is -0.834. The Kier molecular flexibility index (Phi) is 19.1. The van der Waals surface area contributed by atoms with Crippen LogP contribution in [0.4, 0.5) is 26.3 Å². The number of carboxylic acid groups (broad SMARTS) is 2. The standard InChI is InChI=1S/C25H27F3O4S.C25H27F3O3S2/c1-3-4-5-17(23-14-18-13-19(25(26,27)28)6-9-22(18)33-23)10-11-31-20-7-8-21(16(2)12-20)32-15-24(29)30;1-3-4-5-17(23-14-18-13-19(25(26,27)28)6-9-22(18)33-23)10-11-32-20-7-8-21(16(2)12-20)31-15-24(29)30/h2*6-9,12-14,17H,3-5,10-11,15H2,1-2H3,(H,29,30). The second-order valence-corrected chi connectivity index (χ2v) is 19.4. The van der Waals surface area contributed by atoms with Crippen molar-refractivity contribution in [3.05, 3.63) is 117 Å². The van der Waals surface area contributed by atoms with E-state index in [2.05, 4.69) is 13.8 Å². The SMILES string of the molecule is CCCCC(CCOc1ccc(OCC(=O)O)c(C)c1)c1cc2cc(C(F)(F)F)ccc2s1.CCCCC(CCSc1ccc(OCC(=O)O)c(C)c1)c1cc2cc(C(F)(F)F)ccc2s1. The number of hydrogen-bond acceptors (Lipinski definition) is 8. The highest BCUT2D eigenvalue weighted by Gasteiger charge is 2.32. The van der Waals surface area contributed by atoms with Crippen LogP contribution >= 0.6 is 34.4 Å². The number of rotatable bonds is 22. The molecule has 0 bridgehead atoms. The van der Waals surface area contributed by atoms with Gasteiger partial charge in [0.15, 0.2) is 13.2 Å². The molecule has 2 N–H and O–H groups in total. The van der Waals surface area contributed by atoms with Gasteiger partial charge in [-0.05, 0) is 164 Å². The first-order chi connectivity index (χ1) is 31.3. The van der Waals surface area contributed by atoms with Gasteiger partial charge in [-0.15, -0.1) is 34.4 Å². The largest absolute Gasteiger partial charge is 0.494 e. The molecule has 7 nitrogen and oxygen atoms in total. The van der Waals surface area contributed by atoms with Crippen molar-refractivity contribution in [2.75, 3.05) is 25.6 Å². The highest BCUT2D eigenvalue weighted by atomic mass is 32.2. The van der Waals surface area contributed by atoms with E-state index in [1.54, 1.807) is 70.8 Å². The highest BCUT2D eigenvalue weighted by Crippen LogP contribution is 2.41. The molecule has 0 aliphatic carbocycles. The van der Waals surface area contributed by atoms with Gasteiger partial charge in [0, 0.05) is 24.0 Å². The number of ether oxygens (including phenoxy) is 3. The molecular formula is C50H54F6O7S3. The molecule has 0 fully saturated rings. The first-order valence-electron chi connectivity index (χ1n) is 21.7. The summed E-state index contributed by atoms with van der Waals surface area (Å²) in [6.45, 7) is 7.66. The summed E-state index contributed by atoms with van der Waals surface area (Å²) in [6, 6.07) is 22.6. The molecule has 66 heavy (non-hydrogen) atoms. The van der Waals surface area contributed by atoms with E-state index in [4.69, 9.17) is 24.4 Å². The van der Waals surface area contributed by atoms with Crippen molar-refractivity contribution in [1.82, 2.24) is 0 Å². The Hall–Kier alpha value is -4.93. The zero-order valence-corrected chi connectivity index (χ0v) is 39.6. The highest BCUT2D eigenvalue weighted by molar-refractivity contribution is 7.99. The molecule has 6 aromatic rings. The molecule has 6 rings (SSSR count). The zero-order chi connectivity index (χ0) is 48.0. The zero-order valence-electron chi connectivity index (χ0n) is 37.2. The van der Waals surface area contributed by atoms with E-state index in [0.29, 0.717) is 40.5 Å². The fourth-order valence-corrected chi connectivity index (χ4v) is 10.8. The van der Waals surface area contributed by atoms with Gasteiger partial charge in [-0.25, -0.2) is 9.59 Å². The number of carboxylic acids is 2. The molecule has 0 spiro atoms. The monoisotopic (exact) mass is 976 g/mol. The average Bonchev–Trinajstić information content (AvgIpc) is 3.89. The molecule has 356 valence electrons. The van der Waals surface area contributed by atoms with Gasteiger partial charge in [-0.1, -0.05) is 39.5 Å². The molecule has 0 saturated heterocycles. The van der Waals surface area contributed by atoms with Crippen LogP contribution in [0.5, 0.6) is 17.2 Å². The Morgan fingerprint density at radius 1 is 0.606 bits per heavy atom. The predicted octanol–water partition coefficient (Wildman–Crippen LogP) is 15.6. The van der Waals surface area contributed by atoms with E-state index < -0.39 is 42.0 Å². The minimum atomic E-state index is -4.35. The van der Waals surface area contributed by atoms with Gasteiger partial charge in [0.25, 0.3) is 0 Å². The van der Waals surface area contributed by atoms with E-state index in [1.807, 2.05) is 38.1 Å². The predicted molar refractivity (Wildman–Crippen MR) is 252 cm³/mol. The van der Waals surface area contributed by atoms with Crippen LogP contribution in [0.2, 0.25) is 0 Å². The van der Waals surface area contributed by atoms with Crippen LogP contribution in [-0.2, 0) is 21.9 Å². The van der Waals surface area contributed by atoms with Crippen molar-refractivity contribution in [1.29, 1.82) is 0 Å². The van der Waals surface area contributed by atoms with Gasteiger partial charge in [-0.2, -0.15) is 26.3 Å². The summed E-state index contributed by atoms with van der Waals surface area (Å²) in [5, 5.41) is 18.8. The minimum absolute atomic E-state index is 0.205. The van der Waals surface area contributed by atoms with Gasteiger partial charge in [0.1, 0.15) is 17.2 Å². The number of thioether (sulfide) groups is 1. The molecule has 2 atom stereocenters. The average molecular weight is 977 g/mol. The lowest BCUT2D eigenvalue weighted by Crippen LogP contribution is -2.10. The molecule has 0 aliphatic rings. The van der Waals surface area contributed by atoms with Gasteiger partial charge < -0.3 is 24.4 Å². The topological polar surface area (TPSA) is 102 Å². The van der Waals surface area contributed by atoms with Crippen molar-refractivity contribution in [3.8, 4) is 17.2 Å². The number of alkyl halides is 6. The summed E-state index contributed by atoms with van der Waals surface area (Å²) < 4.78 is 96.6. The van der Waals surface area contributed by atoms with Gasteiger partial charge in [0.05, 0.1) is 17.7 Å². The molecule has 2 heterocycles. The van der Waals surface area contributed by atoms with Gasteiger partial charge in [0.2, 0.25) is 0 Å². The first kappa shape index (κ1) is 52.0. The van der Waals surface area contributed by atoms with Crippen molar-refractivity contribution < 1.29 is 60.4 Å². The lowest BCUT2D eigenvalue weighted by molar-refractivity contribution is -0.140. The number of thiophene rings is 2. The van der Waals surface area contributed by atoms with E-state index in [9.17, 15) is 35.9 Å². The van der Waals surface area contributed by atoms with Crippen LogP contribution in [-0.4, -0.2) is 47.7 Å². The molecule has 16 heteroatoms. The molecule has 0 amide bonds. The van der Waals surface area contributed by atoms with Crippen LogP contribution < -0.4 is 14.2 Å². The fourth-order valence-electron chi connectivity index (χ4n) is 7.31. The lowest BCUT2D eigenvalue weighted by atomic mass is 9.96. The molecular weight excluding hydrogens is 923 g/mol. The summed E-state index contributed by atoms with van der Waals surface area (Å²) in [5.41, 5.74) is 0.431. The molecule has 0 saturated carbocycles. The van der Waals surface area contributed by atoms with Crippen LogP contribution in [0.1, 0.15) is 109 Å². The van der Waals surface area contributed by atoms with Crippen LogP contribution in [0, 0.1) is 13.8 Å². The lowest BCUT2D eigenvalue weighted by Gasteiger charge is -2.16. The fraction of sp³-hybridized carbons (Fsp3) is 0.400. The number of unbranched alkanes of at least 4 members (excludes halogenated alkanes) is 2. The summed E-state index contributed by atoms with van der Waals surface area (Å²) in [4.78, 5) is 24.7. The number of aryl methyl sites for hydroxylation is 2. The third-order valence-corrected chi connectivity index (χ3v) is 14.4. The van der Waals surface area contributed by atoms with E-state index >= 15 is 0 Å². The molecule has 4 aromatic carbocycles. The summed E-state index contributed by atoms with van der Waals surface area (Å²) >= 11 is 4.86. The Labute approximate surface area is 393 Å². The van der Waals surface area contributed by atoms with Gasteiger partial charge >= 0.3 is 24.3 Å². The van der Waals surface area contributed by atoms with Crippen molar-refractivity contribution in [2.24, 2.45) is 0 Å². The van der Waals surface area contributed by atoms with Crippen LogP contribution in [0.15, 0.2) is 89.8 Å². The third kappa shape index (κ3) is 15.6.